The van der Waals surface area contributed by atoms with E-state index in [9.17, 15) is 0 Å². The molecular formula is C22H18N2O. The molecule has 2 heterocycles. The Morgan fingerprint density at radius 1 is 0.960 bits per heavy atom. The van der Waals surface area contributed by atoms with Gasteiger partial charge < -0.3 is 4.74 Å². The number of hydrogen-bond acceptors (Lipinski definition) is 2. The third kappa shape index (κ3) is 2.16. The minimum absolute atomic E-state index is 0.879. The summed E-state index contributed by atoms with van der Waals surface area (Å²) in [6.07, 6.45) is 1.01. The first-order valence-electron chi connectivity index (χ1n) is 8.57. The zero-order valence-electron chi connectivity index (χ0n) is 14.1. The molecule has 0 saturated carbocycles. The standard InChI is InChI=1S/C22H18N2O/c1-25-17-8-4-7-16(14-17)18-10-5-6-15-12-13-24-22(21(15)18)19-9-2-3-11-20(19)23-24/h2-11,14H,12-13H2,1H3. The number of aryl methyl sites for hydroxylation is 2. The molecule has 0 radical (unpaired) electrons. The fraction of sp³-hybridized carbons (Fsp3) is 0.136. The maximum Gasteiger partial charge on any atom is 0.119 e. The van der Waals surface area contributed by atoms with Gasteiger partial charge in [0.25, 0.3) is 0 Å². The summed E-state index contributed by atoms with van der Waals surface area (Å²) >= 11 is 0. The Kier molecular flexibility index (Phi) is 3.14. The second kappa shape index (κ2) is 5.49. The second-order valence-electron chi connectivity index (χ2n) is 6.41. The summed E-state index contributed by atoms with van der Waals surface area (Å²) in [7, 11) is 1.71. The molecule has 0 atom stereocenters. The average Bonchev–Trinajstić information content (AvgIpc) is 3.06. The summed E-state index contributed by atoms with van der Waals surface area (Å²) in [5, 5.41) is 6.03. The smallest absolute Gasteiger partial charge is 0.119 e. The molecule has 0 N–H and O–H groups in total. The van der Waals surface area contributed by atoms with Crippen molar-refractivity contribution in [3.63, 3.8) is 0 Å². The monoisotopic (exact) mass is 326 g/mol. The van der Waals surface area contributed by atoms with Gasteiger partial charge in [0.2, 0.25) is 0 Å². The van der Waals surface area contributed by atoms with Crippen molar-refractivity contribution in [3.05, 3.63) is 72.3 Å². The van der Waals surface area contributed by atoms with Crippen LogP contribution in [0.2, 0.25) is 0 Å². The van der Waals surface area contributed by atoms with Gasteiger partial charge >= 0.3 is 0 Å². The van der Waals surface area contributed by atoms with E-state index in [2.05, 4.69) is 59.3 Å². The Morgan fingerprint density at radius 2 is 1.84 bits per heavy atom. The summed E-state index contributed by atoms with van der Waals surface area (Å²) in [6.45, 7) is 0.929. The van der Waals surface area contributed by atoms with Gasteiger partial charge in [0, 0.05) is 17.5 Å². The van der Waals surface area contributed by atoms with Crippen LogP contribution in [0.1, 0.15) is 5.56 Å². The number of fused-ring (bicyclic) bond motifs is 5. The molecule has 0 spiro atoms. The lowest BCUT2D eigenvalue weighted by molar-refractivity contribution is 0.415. The van der Waals surface area contributed by atoms with Crippen LogP contribution in [0.25, 0.3) is 33.3 Å². The van der Waals surface area contributed by atoms with Gasteiger partial charge in [0.15, 0.2) is 0 Å². The number of rotatable bonds is 2. The molecule has 3 aromatic carbocycles. The number of hydrogen-bond donors (Lipinski definition) is 0. The molecule has 0 fully saturated rings. The molecule has 0 amide bonds. The topological polar surface area (TPSA) is 27.1 Å². The molecular weight excluding hydrogens is 308 g/mol. The van der Waals surface area contributed by atoms with Gasteiger partial charge in [-0.1, -0.05) is 48.5 Å². The van der Waals surface area contributed by atoms with Crippen molar-refractivity contribution in [1.82, 2.24) is 9.78 Å². The van der Waals surface area contributed by atoms with Crippen molar-refractivity contribution < 1.29 is 4.74 Å². The quantitative estimate of drug-likeness (QED) is 0.522. The third-order valence-corrected chi connectivity index (χ3v) is 5.01. The summed E-state index contributed by atoms with van der Waals surface area (Å²) in [5.41, 5.74) is 7.40. The SMILES string of the molecule is COc1cccc(-c2cccc3c2-c2c4ccccc4nn2CC3)c1. The largest absolute Gasteiger partial charge is 0.497 e. The maximum atomic E-state index is 5.43. The first-order chi connectivity index (χ1) is 12.3. The Labute approximate surface area is 146 Å². The van der Waals surface area contributed by atoms with Gasteiger partial charge in [-0.15, -0.1) is 0 Å². The normalized spacial score (nSPS) is 12.7. The molecule has 0 saturated heterocycles. The van der Waals surface area contributed by atoms with E-state index in [1.165, 1.54) is 33.3 Å². The van der Waals surface area contributed by atoms with E-state index in [0.717, 1.165) is 24.2 Å². The molecule has 1 aliphatic rings. The van der Waals surface area contributed by atoms with E-state index in [0.29, 0.717) is 0 Å². The fourth-order valence-corrected chi connectivity index (χ4v) is 3.85. The zero-order chi connectivity index (χ0) is 16.8. The molecule has 5 rings (SSSR count). The number of methoxy groups -OCH3 is 1. The van der Waals surface area contributed by atoms with Crippen LogP contribution in [0.4, 0.5) is 0 Å². The van der Waals surface area contributed by atoms with Gasteiger partial charge in [-0.2, -0.15) is 5.10 Å². The average molecular weight is 326 g/mol. The van der Waals surface area contributed by atoms with Crippen LogP contribution in [0.15, 0.2) is 66.7 Å². The van der Waals surface area contributed by atoms with E-state index >= 15 is 0 Å². The zero-order valence-corrected chi connectivity index (χ0v) is 14.1. The highest BCUT2D eigenvalue weighted by Gasteiger charge is 2.23. The Bertz CT molecular complexity index is 1090. The lowest BCUT2D eigenvalue weighted by atomic mass is 9.89. The van der Waals surface area contributed by atoms with Crippen molar-refractivity contribution in [2.75, 3.05) is 7.11 Å². The highest BCUT2D eigenvalue weighted by molar-refractivity contribution is 5.99. The van der Waals surface area contributed by atoms with Gasteiger partial charge in [0.05, 0.1) is 18.3 Å². The lowest BCUT2D eigenvalue weighted by Crippen LogP contribution is -2.12. The Morgan fingerprint density at radius 3 is 2.76 bits per heavy atom. The van der Waals surface area contributed by atoms with Crippen LogP contribution in [0.5, 0.6) is 5.75 Å². The predicted molar refractivity (Wildman–Crippen MR) is 101 cm³/mol. The predicted octanol–water partition coefficient (Wildman–Crippen LogP) is 4.94. The minimum atomic E-state index is 0.879. The van der Waals surface area contributed by atoms with E-state index in [4.69, 9.17) is 9.84 Å². The molecule has 3 nitrogen and oxygen atoms in total. The van der Waals surface area contributed by atoms with Gasteiger partial charge in [-0.3, -0.25) is 4.68 Å². The first-order valence-corrected chi connectivity index (χ1v) is 8.57. The number of ether oxygens (including phenoxy) is 1. The van der Waals surface area contributed by atoms with Crippen LogP contribution in [-0.4, -0.2) is 16.9 Å². The van der Waals surface area contributed by atoms with E-state index < -0.39 is 0 Å². The highest BCUT2D eigenvalue weighted by atomic mass is 16.5. The third-order valence-electron chi connectivity index (χ3n) is 5.01. The highest BCUT2D eigenvalue weighted by Crippen LogP contribution is 2.41. The van der Waals surface area contributed by atoms with Gasteiger partial charge in [-0.05, 0) is 41.3 Å². The van der Waals surface area contributed by atoms with Crippen LogP contribution < -0.4 is 4.74 Å². The Balaban J connectivity index is 1.83. The van der Waals surface area contributed by atoms with Crippen LogP contribution in [0.3, 0.4) is 0 Å². The van der Waals surface area contributed by atoms with Crippen molar-refractivity contribution in [2.45, 2.75) is 13.0 Å². The molecule has 0 bridgehead atoms. The van der Waals surface area contributed by atoms with Crippen molar-refractivity contribution in [1.29, 1.82) is 0 Å². The summed E-state index contributed by atoms with van der Waals surface area (Å²) in [6, 6.07) is 23.3. The Hall–Kier alpha value is -3.07. The summed E-state index contributed by atoms with van der Waals surface area (Å²) < 4.78 is 7.59. The summed E-state index contributed by atoms with van der Waals surface area (Å²) in [4.78, 5) is 0. The molecule has 25 heavy (non-hydrogen) atoms. The second-order valence-corrected chi connectivity index (χ2v) is 6.41. The van der Waals surface area contributed by atoms with E-state index in [1.54, 1.807) is 7.11 Å². The molecule has 1 aliphatic heterocycles. The molecule has 3 heteroatoms. The van der Waals surface area contributed by atoms with Crippen molar-refractivity contribution in [3.8, 4) is 28.1 Å². The van der Waals surface area contributed by atoms with Gasteiger partial charge in [0.1, 0.15) is 5.75 Å². The number of aromatic nitrogens is 2. The van der Waals surface area contributed by atoms with Crippen LogP contribution in [-0.2, 0) is 13.0 Å². The number of nitrogens with zero attached hydrogens (tertiary/aromatic N) is 2. The molecule has 0 unspecified atom stereocenters. The molecule has 1 aromatic heterocycles. The minimum Gasteiger partial charge on any atom is -0.497 e. The van der Waals surface area contributed by atoms with E-state index in [-0.39, 0.29) is 0 Å². The molecule has 122 valence electrons. The van der Waals surface area contributed by atoms with Crippen molar-refractivity contribution in [2.24, 2.45) is 0 Å². The summed E-state index contributed by atoms with van der Waals surface area (Å²) in [5.74, 6) is 0.879. The first kappa shape index (κ1) is 14.3. The van der Waals surface area contributed by atoms with Gasteiger partial charge in [-0.25, -0.2) is 0 Å². The number of benzene rings is 3. The molecule has 4 aromatic rings. The lowest BCUT2D eigenvalue weighted by Gasteiger charge is -2.22. The van der Waals surface area contributed by atoms with E-state index in [1.807, 2.05) is 12.1 Å². The van der Waals surface area contributed by atoms with Crippen molar-refractivity contribution >= 4 is 10.9 Å². The maximum absolute atomic E-state index is 5.43. The fourth-order valence-electron chi connectivity index (χ4n) is 3.85. The molecule has 0 aliphatic carbocycles. The van der Waals surface area contributed by atoms with Crippen LogP contribution >= 0.6 is 0 Å². The van der Waals surface area contributed by atoms with Crippen LogP contribution in [0, 0.1) is 0 Å².